The molecule has 0 N–H and O–H groups in total. The molecule has 0 radical (unpaired) electrons. The van der Waals surface area contributed by atoms with Gasteiger partial charge in [0.25, 0.3) is 170 Å². The number of halogens is 21. The molecule has 0 aromatic rings. The van der Waals surface area contributed by atoms with Crippen LogP contribution < -0.4 is 0 Å². The molecule has 0 aliphatic carbocycles. The van der Waals surface area contributed by atoms with Gasteiger partial charge < -0.3 is 86.4 Å². The van der Waals surface area contributed by atoms with Crippen molar-refractivity contribution >= 4 is 294 Å². The predicted octanol–water partition coefficient (Wildman–Crippen LogP) is -7.40. The van der Waals surface area contributed by atoms with E-state index in [9.17, 15) is 92.2 Å². The predicted molar refractivity (Wildman–Crippen MR) is 322 cm³/mol. The summed E-state index contributed by atoms with van der Waals surface area (Å²) in [4.78, 5) is 0. The van der Waals surface area contributed by atoms with E-state index in [2.05, 4.69) is 0 Å². The summed E-state index contributed by atoms with van der Waals surface area (Å²) in [6.45, 7) is 0. The van der Waals surface area contributed by atoms with E-state index in [1.54, 1.807) is 0 Å². The van der Waals surface area contributed by atoms with Gasteiger partial charge in [0, 0.05) is 44.9 Å². The van der Waals surface area contributed by atoms with Gasteiger partial charge in [-0.15, -0.1) is 0 Å². The van der Waals surface area contributed by atoms with E-state index in [1.807, 2.05) is 0 Å². The van der Waals surface area contributed by atoms with Crippen LogP contribution in [0.3, 0.4) is 0 Å². The molecule has 0 bridgehead atoms. The van der Waals surface area contributed by atoms with Gasteiger partial charge >= 0.3 is 167 Å². The molecule has 510 valence electrons. The van der Waals surface area contributed by atoms with Crippen LogP contribution in [0.1, 0.15) is 44.9 Å². The second-order valence-corrected chi connectivity index (χ2v) is 62.0. The van der Waals surface area contributed by atoms with Crippen molar-refractivity contribution in [3.63, 3.8) is 0 Å². The fourth-order valence-corrected chi connectivity index (χ4v) is 59.3. The van der Waals surface area contributed by atoms with Gasteiger partial charge in [-0.1, -0.05) is 0 Å². The summed E-state index contributed by atoms with van der Waals surface area (Å²) < 4.78 is 398. The molecule has 66 heteroatoms. The van der Waals surface area contributed by atoms with Gasteiger partial charge in [-0.3, -0.25) is 0 Å². The molecule has 0 amide bonds. The van der Waals surface area contributed by atoms with Crippen LogP contribution in [0.15, 0.2) is 0 Å². The standard InChI is InChI=1S/C21H35F21O7Si7.3Na.2H14O7Si7.3H/c22-15(23,24)1-8-53-45-51-43-50-44-52-46-54(9-2-16(25,26)27,10-3-17(28,29)30)48-56(13-6-20(37,38)39,14-7-21(40,41)42)49-55(47-53,11-4-18(31,32)33)12-5-19(34,35)36;;;;2*1-8-2-10-4-12-6-14-7-13-5-11-3-9-1;;;/h53H,1-14,50-52H2;;;;2*8-14H2;;;. The maximum atomic E-state index is 13.8. The minimum atomic E-state index is -6.19. The fourth-order valence-electron chi connectivity index (χ4n) is 6.19. The second-order valence-electron chi connectivity index (χ2n) is 16.9. The van der Waals surface area contributed by atoms with Crippen molar-refractivity contribution in [3.05, 3.63) is 0 Å². The summed E-state index contributed by atoms with van der Waals surface area (Å²) in [7, 11) is -41.9. The molecule has 3 fully saturated rings. The van der Waals surface area contributed by atoms with E-state index in [1.165, 1.54) is 0 Å². The third kappa shape index (κ3) is 60.9. The summed E-state index contributed by atoms with van der Waals surface area (Å²) in [5.41, 5.74) is 0. The topological polar surface area (TPSA) is 194 Å². The van der Waals surface area contributed by atoms with Gasteiger partial charge in [-0.2, -0.15) is 92.2 Å². The van der Waals surface area contributed by atoms with E-state index >= 15 is 0 Å². The van der Waals surface area contributed by atoms with Crippen LogP contribution in [-0.2, 0) is 86.4 Å². The molecule has 3 saturated heterocycles. The Morgan fingerprint density at radius 1 is 0.241 bits per heavy atom. The molecule has 1 atom stereocenters. The molecular weight excluding hydrogens is 1650 g/mol. The first-order valence-electron chi connectivity index (χ1n) is 24.0. The monoisotopic (exact) mass is 1710 g/mol. The summed E-state index contributed by atoms with van der Waals surface area (Å²) in [5, 5.41) is 0. The molecule has 0 saturated carbocycles. The number of alkyl halides is 21. The van der Waals surface area contributed by atoms with Crippen molar-refractivity contribution in [2.24, 2.45) is 0 Å². The van der Waals surface area contributed by atoms with Crippen LogP contribution in [0.25, 0.3) is 0 Å². The Labute approximate surface area is 596 Å². The zero-order valence-electron chi connectivity index (χ0n) is 44.0. The van der Waals surface area contributed by atoms with Crippen LogP contribution >= 0.6 is 0 Å². The maximum absolute atomic E-state index is 13.8. The average molecular weight is 1710 g/mol. The normalized spacial score (nSPS) is 26.2. The van der Waals surface area contributed by atoms with Crippen LogP contribution in [0.5, 0.6) is 0 Å². The summed E-state index contributed by atoms with van der Waals surface area (Å²) in [6.07, 6.45) is -53.0. The molecule has 21 nitrogen and oxygen atoms in total. The number of hydrogen-bond acceptors (Lipinski definition) is 21. The first-order valence-corrected chi connectivity index (χ1v) is 52.1. The number of rotatable bonds is 14. The van der Waals surface area contributed by atoms with Gasteiger partial charge in [0.05, 0.1) is 0 Å². The van der Waals surface area contributed by atoms with Gasteiger partial charge in [0.15, 0.2) is 0 Å². The molecule has 0 aromatic heterocycles. The number of hydrogen-bond donors (Lipinski definition) is 0. The van der Waals surface area contributed by atoms with Crippen molar-refractivity contribution in [2.75, 3.05) is 0 Å². The Hall–Kier alpha value is 5.24. The quantitative estimate of drug-likeness (QED) is 0.118. The van der Waals surface area contributed by atoms with Crippen molar-refractivity contribution < 1.29 is 179 Å². The van der Waals surface area contributed by atoms with Crippen molar-refractivity contribution in [1.29, 1.82) is 0 Å². The summed E-state index contributed by atoms with van der Waals surface area (Å²) >= 11 is 0. The van der Waals surface area contributed by atoms with E-state index in [0.717, 1.165) is 0 Å². The van der Waals surface area contributed by atoms with Crippen molar-refractivity contribution in [1.82, 2.24) is 0 Å². The SMILES string of the molecule is FC(F)(F)CC[SiH]1O[SiH2]O[SiH2]O[SiH2]O[Si](CCC(F)(F)F)(CCC(F)(F)F)O[Si](CCC(F)(F)F)(CCC(F)(F)F)O[Si](CCC(F)(F)F)(CCC(F)(F)F)O1.O1[SiH2]O[SiH2]O[SiH2]O[SiH2]O[SiH2]O[SiH2]O[SiH2]1.O1[SiH2]O[SiH2]O[SiH2]O[SiH2]O[SiH2]O[SiH2]O[SiH2]1.[NaH].[NaH].[NaH]. The third-order valence-corrected chi connectivity index (χ3v) is 51.2. The van der Waals surface area contributed by atoms with E-state index in [4.69, 9.17) is 86.4 Å². The van der Waals surface area contributed by atoms with E-state index in [0.29, 0.717) is 0 Å². The van der Waals surface area contributed by atoms with E-state index < -0.39 is 336 Å². The van der Waals surface area contributed by atoms with Gasteiger partial charge in [-0.25, -0.2) is 0 Å². The molecule has 3 aliphatic heterocycles. The Balaban J connectivity index is -0.00000184. The zero-order chi connectivity index (χ0) is 63.3. The molecule has 0 spiro atoms. The molecule has 1 unspecified atom stereocenters. The Kier molecular flexibility index (Phi) is 57.0. The molecule has 3 heterocycles. The Bertz CT molecular complexity index is 1500. The van der Waals surface area contributed by atoms with E-state index in [-0.39, 0.29) is 88.7 Å². The zero-order valence-corrected chi connectivity index (χ0v) is 72.2. The minimum absolute atomic E-state index is 0. The molecular formula is C21H66F21Na3O21Si21. The molecule has 0 aromatic carbocycles. The summed E-state index contributed by atoms with van der Waals surface area (Å²) in [5.74, 6) is 0. The third-order valence-electron chi connectivity index (χ3n) is 9.73. The summed E-state index contributed by atoms with van der Waals surface area (Å²) in [6, 6.07) is -12.4. The first-order chi connectivity index (χ1) is 38.9. The van der Waals surface area contributed by atoms with Gasteiger partial charge in [-0.05, 0) is 42.3 Å². The fraction of sp³-hybridized carbons (Fsp3) is 1.00. The van der Waals surface area contributed by atoms with Crippen molar-refractivity contribution in [3.8, 4) is 0 Å². The van der Waals surface area contributed by atoms with Crippen LogP contribution in [0.4, 0.5) is 92.2 Å². The average Bonchev–Trinajstić information content (AvgIpc) is 1.10. The Morgan fingerprint density at radius 2 is 0.437 bits per heavy atom. The molecule has 3 aliphatic rings. The van der Waals surface area contributed by atoms with Gasteiger partial charge in [0.2, 0.25) is 0 Å². The van der Waals surface area contributed by atoms with Gasteiger partial charge in [0.1, 0.15) is 0 Å². The Morgan fingerprint density at radius 3 is 0.678 bits per heavy atom. The molecule has 87 heavy (non-hydrogen) atoms. The molecule has 3 rings (SSSR count). The van der Waals surface area contributed by atoms with Crippen LogP contribution in [-0.4, -0.2) is 337 Å². The van der Waals surface area contributed by atoms with Crippen LogP contribution in [0.2, 0.25) is 42.3 Å². The second kappa shape index (κ2) is 51.4. The van der Waals surface area contributed by atoms with Crippen molar-refractivity contribution in [2.45, 2.75) is 130 Å². The first kappa shape index (κ1) is 96.4. The van der Waals surface area contributed by atoms with Crippen LogP contribution in [0, 0.1) is 0 Å².